The molecule has 3 nitrogen and oxygen atoms in total. The summed E-state index contributed by atoms with van der Waals surface area (Å²) in [7, 11) is 1.60. The van der Waals surface area contributed by atoms with E-state index in [1.54, 1.807) is 7.05 Å². The summed E-state index contributed by atoms with van der Waals surface area (Å²) in [4.78, 5) is 9.70. The van der Waals surface area contributed by atoms with Gasteiger partial charge in [-0.15, -0.1) is 0 Å². The summed E-state index contributed by atoms with van der Waals surface area (Å²) in [5.41, 5.74) is 0. The first-order valence-electron chi connectivity index (χ1n) is 1.45. The van der Waals surface area contributed by atoms with Crippen LogP contribution in [0.3, 0.4) is 0 Å². The first-order chi connectivity index (χ1) is 2.27. The zero-order valence-electron chi connectivity index (χ0n) is 3.91. The van der Waals surface area contributed by atoms with E-state index in [9.17, 15) is 4.79 Å². The molecule has 0 heterocycles. The van der Waals surface area contributed by atoms with Crippen LogP contribution in [0.25, 0.3) is 0 Å². The molecular formula is C3H9NO2. The highest BCUT2D eigenvalue weighted by Crippen LogP contribution is 1.45. The Balaban J connectivity index is 0. The van der Waals surface area contributed by atoms with Gasteiger partial charge in [-0.3, -0.25) is 4.79 Å². The minimum Gasteiger partial charge on any atom is -0.412 e. The molecule has 3 heteroatoms. The molecule has 0 fully saturated rings. The number of carbonyl (C=O) groups excluding carboxylic acids is 1. The van der Waals surface area contributed by atoms with Crippen LogP contribution in [0.4, 0.5) is 0 Å². The number of hydrogen-bond donors (Lipinski definition) is 1. The van der Waals surface area contributed by atoms with E-state index in [0.717, 1.165) is 0 Å². The quantitative estimate of drug-likeness (QED) is 0.405. The van der Waals surface area contributed by atoms with Gasteiger partial charge in [0.05, 0.1) is 0 Å². The second-order valence-corrected chi connectivity index (χ2v) is 0.806. The molecule has 0 saturated carbocycles. The van der Waals surface area contributed by atoms with Crippen LogP contribution >= 0.6 is 0 Å². The Labute approximate surface area is 36.7 Å². The second-order valence-electron chi connectivity index (χ2n) is 0.806. The lowest BCUT2D eigenvalue weighted by atomic mass is 10.7. The Hall–Kier alpha value is -0.570. The van der Waals surface area contributed by atoms with Crippen molar-refractivity contribution in [2.24, 2.45) is 0 Å². The summed E-state index contributed by atoms with van der Waals surface area (Å²) in [6.45, 7) is 1.47. The zero-order chi connectivity index (χ0) is 4.28. The van der Waals surface area contributed by atoms with E-state index in [1.165, 1.54) is 6.92 Å². The summed E-state index contributed by atoms with van der Waals surface area (Å²) in [5, 5.41) is 2.39. The van der Waals surface area contributed by atoms with Crippen molar-refractivity contribution in [1.82, 2.24) is 5.32 Å². The molecule has 0 atom stereocenters. The summed E-state index contributed by atoms with van der Waals surface area (Å²) < 4.78 is 0. The van der Waals surface area contributed by atoms with E-state index in [-0.39, 0.29) is 11.4 Å². The highest BCUT2D eigenvalue weighted by Gasteiger charge is 1.72. The van der Waals surface area contributed by atoms with Gasteiger partial charge in [0.15, 0.2) is 0 Å². The topological polar surface area (TPSA) is 60.6 Å². The summed E-state index contributed by atoms with van der Waals surface area (Å²) >= 11 is 0. The van der Waals surface area contributed by atoms with Crippen molar-refractivity contribution in [3.63, 3.8) is 0 Å². The predicted molar refractivity (Wildman–Crippen MR) is 23.4 cm³/mol. The lowest BCUT2D eigenvalue weighted by molar-refractivity contribution is -0.118. The molecule has 0 rings (SSSR count). The van der Waals surface area contributed by atoms with Crippen LogP contribution in [0.15, 0.2) is 0 Å². The molecule has 0 aromatic rings. The van der Waals surface area contributed by atoms with Crippen LogP contribution in [-0.2, 0) is 4.79 Å². The highest BCUT2D eigenvalue weighted by molar-refractivity contribution is 5.72. The van der Waals surface area contributed by atoms with Crippen LogP contribution in [0.1, 0.15) is 6.92 Å². The van der Waals surface area contributed by atoms with Crippen LogP contribution in [0.2, 0.25) is 0 Å². The average molecular weight is 91.1 g/mol. The Bertz CT molecular complexity index is 44.1. The van der Waals surface area contributed by atoms with Gasteiger partial charge in [0.2, 0.25) is 5.91 Å². The Kier molecular flexibility index (Phi) is 6.69. The maximum Gasteiger partial charge on any atom is 0.216 e. The SMILES string of the molecule is CNC(C)=O.O. The van der Waals surface area contributed by atoms with E-state index < -0.39 is 0 Å². The number of nitrogens with one attached hydrogen (secondary N) is 1. The Morgan fingerprint density at radius 1 is 1.67 bits per heavy atom. The maximum atomic E-state index is 9.70. The smallest absolute Gasteiger partial charge is 0.216 e. The van der Waals surface area contributed by atoms with Crippen molar-refractivity contribution in [2.75, 3.05) is 7.05 Å². The molecule has 0 aromatic heterocycles. The predicted octanol–water partition coefficient (Wildman–Crippen LogP) is -1.07. The van der Waals surface area contributed by atoms with Crippen LogP contribution in [0.5, 0.6) is 0 Å². The lowest BCUT2D eigenvalue weighted by Crippen LogP contribution is -2.11. The Morgan fingerprint density at radius 3 is 1.83 bits per heavy atom. The first kappa shape index (κ1) is 9.06. The molecular weight excluding hydrogens is 82.0 g/mol. The van der Waals surface area contributed by atoms with Gasteiger partial charge < -0.3 is 10.8 Å². The molecule has 1 amide bonds. The van der Waals surface area contributed by atoms with E-state index in [1.807, 2.05) is 0 Å². The van der Waals surface area contributed by atoms with Crippen molar-refractivity contribution >= 4 is 5.91 Å². The second kappa shape index (κ2) is 4.43. The third kappa shape index (κ3) is 9.90. The third-order valence-corrected chi connectivity index (χ3v) is 0.352. The third-order valence-electron chi connectivity index (χ3n) is 0.352. The molecule has 3 N–H and O–H groups in total. The molecule has 0 radical (unpaired) electrons. The zero-order valence-corrected chi connectivity index (χ0v) is 3.91. The lowest BCUT2D eigenvalue weighted by Gasteiger charge is -1.80. The fourth-order valence-electron chi connectivity index (χ4n) is 0. The minimum atomic E-state index is 0. The first-order valence-corrected chi connectivity index (χ1v) is 1.45. The molecule has 0 spiro atoms. The maximum absolute atomic E-state index is 9.70. The van der Waals surface area contributed by atoms with Gasteiger partial charge in [-0.05, 0) is 0 Å². The van der Waals surface area contributed by atoms with Gasteiger partial charge in [0.1, 0.15) is 0 Å². The van der Waals surface area contributed by atoms with Crippen molar-refractivity contribution in [2.45, 2.75) is 6.92 Å². The van der Waals surface area contributed by atoms with Crippen LogP contribution < -0.4 is 5.32 Å². The highest BCUT2D eigenvalue weighted by atomic mass is 16.1. The van der Waals surface area contributed by atoms with Gasteiger partial charge in [0, 0.05) is 14.0 Å². The van der Waals surface area contributed by atoms with Crippen LogP contribution in [0, 0.1) is 0 Å². The molecule has 6 heavy (non-hydrogen) atoms. The fraction of sp³-hybridized carbons (Fsp3) is 0.667. The standard InChI is InChI=1S/C3H7NO.H2O/c1-3(5)4-2;/h1-2H3,(H,4,5);1H2. The summed E-state index contributed by atoms with van der Waals surface area (Å²) in [6, 6.07) is 0. The average Bonchev–Trinajstić information content (AvgIpc) is 1.38. The van der Waals surface area contributed by atoms with Gasteiger partial charge in [-0.25, -0.2) is 0 Å². The van der Waals surface area contributed by atoms with Gasteiger partial charge in [-0.1, -0.05) is 0 Å². The van der Waals surface area contributed by atoms with E-state index in [0.29, 0.717) is 0 Å². The molecule has 0 unspecified atom stereocenters. The molecule has 0 bridgehead atoms. The Morgan fingerprint density at radius 2 is 1.83 bits per heavy atom. The van der Waals surface area contributed by atoms with E-state index in [4.69, 9.17) is 0 Å². The van der Waals surface area contributed by atoms with Gasteiger partial charge >= 0.3 is 0 Å². The van der Waals surface area contributed by atoms with Gasteiger partial charge in [0.25, 0.3) is 0 Å². The van der Waals surface area contributed by atoms with Gasteiger partial charge in [-0.2, -0.15) is 0 Å². The molecule has 0 aliphatic rings. The molecule has 0 aromatic carbocycles. The van der Waals surface area contributed by atoms with Crippen molar-refractivity contribution in [3.8, 4) is 0 Å². The van der Waals surface area contributed by atoms with Crippen LogP contribution in [-0.4, -0.2) is 18.4 Å². The molecule has 0 aliphatic carbocycles. The molecule has 0 saturated heterocycles. The van der Waals surface area contributed by atoms with E-state index in [2.05, 4.69) is 5.32 Å². The van der Waals surface area contributed by atoms with E-state index >= 15 is 0 Å². The number of rotatable bonds is 0. The van der Waals surface area contributed by atoms with Crippen molar-refractivity contribution in [3.05, 3.63) is 0 Å². The number of hydrogen-bond acceptors (Lipinski definition) is 1. The monoisotopic (exact) mass is 91.1 g/mol. The van der Waals surface area contributed by atoms with Crippen molar-refractivity contribution < 1.29 is 10.3 Å². The normalized spacial score (nSPS) is 5.67. The number of amides is 1. The molecule has 0 aliphatic heterocycles. The number of carbonyl (C=O) groups is 1. The minimum absolute atomic E-state index is 0. The molecule has 38 valence electrons. The summed E-state index contributed by atoms with van der Waals surface area (Å²) in [6.07, 6.45) is 0. The summed E-state index contributed by atoms with van der Waals surface area (Å²) in [5.74, 6) is 0.00463. The largest absolute Gasteiger partial charge is 0.412 e. The fourth-order valence-corrected chi connectivity index (χ4v) is 0. The van der Waals surface area contributed by atoms with Crippen molar-refractivity contribution in [1.29, 1.82) is 0 Å².